The van der Waals surface area contributed by atoms with Crippen LogP contribution < -0.4 is 5.73 Å². The topological polar surface area (TPSA) is 93.9 Å². The zero-order valence-corrected chi connectivity index (χ0v) is 12.2. The van der Waals surface area contributed by atoms with Gasteiger partial charge in [0.2, 0.25) is 0 Å². The van der Waals surface area contributed by atoms with Crippen molar-refractivity contribution in [1.29, 1.82) is 10.5 Å². The number of carbonyl (C=O) groups is 1. The van der Waals surface area contributed by atoms with E-state index in [1.165, 1.54) is 11.3 Å². The van der Waals surface area contributed by atoms with E-state index in [0.717, 1.165) is 10.1 Å². The molecule has 5 nitrogen and oxygen atoms in total. The number of nitriles is 2. The van der Waals surface area contributed by atoms with Crippen LogP contribution in [0.15, 0.2) is 24.3 Å². The molecule has 106 valence electrons. The van der Waals surface area contributed by atoms with E-state index in [4.69, 9.17) is 16.3 Å². The number of hydrogen-bond acceptors (Lipinski definition) is 5. The molecular weight excluding hydrogens is 284 g/mol. The Balaban J connectivity index is 2.25. The van der Waals surface area contributed by atoms with Gasteiger partial charge in [0.05, 0.1) is 29.9 Å². The van der Waals surface area contributed by atoms with Gasteiger partial charge in [-0.1, -0.05) is 0 Å². The summed E-state index contributed by atoms with van der Waals surface area (Å²) in [5.74, 6) is -0.139. The van der Waals surface area contributed by atoms with Crippen LogP contribution in [0.25, 0.3) is 10.1 Å². The molecule has 1 aromatic carbocycles. The Morgan fingerprint density at radius 3 is 2.48 bits per heavy atom. The summed E-state index contributed by atoms with van der Waals surface area (Å²) >= 11 is 1.40. The van der Waals surface area contributed by atoms with E-state index in [1.54, 1.807) is 11.0 Å². The van der Waals surface area contributed by atoms with E-state index in [9.17, 15) is 4.79 Å². The molecule has 0 saturated heterocycles. The number of anilines is 1. The number of benzene rings is 1. The molecule has 1 amide bonds. The van der Waals surface area contributed by atoms with Gasteiger partial charge in [0.15, 0.2) is 0 Å². The first-order valence-corrected chi connectivity index (χ1v) is 7.29. The third kappa shape index (κ3) is 3.50. The molecule has 0 saturated carbocycles. The highest BCUT2D eigenvalue weighted by molar-refractivity contribution is 7.20. The largest absolute Gasteiger partial charge is 0.399 e. The van der Waals surface area contributed by atoms with Gasteiger partial charge in [0.25, 0.3) is 5.91 Å². The summed E-state index contributed by atoms with van der Waals surface area (Å²) in [4.78, 5) is 14.7. The Bertz CT molecular complexity index is 720. The second kappa shape index (κ2) is 6.74. The molecule has 0 fully saturated rings. The van der Waals surface area contributed by atoms with Gasteiger partial charge >= 0.3 is 0 Å². The Labute approximate surface area is 126 Å². The van der Waals surface area contributed by atoms with Gasteiger partial charge in [0, 0.05) is 23.5 Å². The Kier molecular flexibility index (Phi) is 4.76. The predicted octanol–water partition coefficient (Wildman–Crippen LogP) is 2.75. The second-order valence-electron chi connectivity index (χ2n) is 4.52. The van der Waals surface area contributed by atoms with E-state index in [-0.39, 0.29) is 18.7 Å². The molecule has 21 heavy (non-hydrogen) atoms. The lowest BCUT2D eigenvalue weighted by Gasteiger charge is -2.19. The second-order valence-corrected chi connectivity index (χ2v) is 5.60. The van der Waals surface area contributed by atoms with Crippen molar-refractivity contribution in [1.82, 2.24) is 4.90 Å². The molecule has 0 radical (unpaired) electrons. The number of fused-ring (bicyclic) bond motifs is 1. The van der Waals surface area contributed by atoms with E-state index in [2.05, 4.69) is 0 Å². The van der Waals surface area contributed by atoms with E-state index < -0.39 is 0 Å². The average Bonchev–Trinajstić information content (AvgIpc) is 2.89. The summed E-state index contributed by atoms with van der Waals surface area (Å²) in [6.07, 6.45) is 0.518. The smallest absolute Gasteiger partial charge is 0.264 e. The summed E-state index contributed by atoms with van der Waals surface area (Å²) < 4.78 is 0.994. The van der Waals surface area contributed by atoms with Crippen molar-refractivity contribution >= 4 is 33.0 Å². The van der Waals surface area contributed by atoms with Crippen molar-refractivity contribution < 1.29 is 4.79 Å². The van der Waals surface area contributed by atoms with Crippen LogP contribution in [0.1, 0.15) is 22.5 Å². The van der Waals surface area contributed by atoms with E-state index in [0.29, 0.717) is 23.7 Å². The maximum absolute atomic E-state index is 12.5. The molecule has 0 bridgehead atoms. The summed E-state index contributed by atoms with van der Waals surface area (Å²) in [6, 6.07) is 11.4. The number of amides is 1. The van der Waals surface area contributed by atoms with Crippen LogP contribution in [0.5, 0.6) is 0 Å². The summed E-state index contributed by atoms with van der Waals surface area (Å²) in [6.45, 7) is 0.681. The van der Waals surface area contributed by atoms with Crippen molar-refractivity contribution in [3.8, 4) is 12.1 Å². The number of carbonyl (C=O) groups excluding carboxylic acids is 1. The third-order valence-electron chi connectivity index (χ3n) is 3.03. The number of hydrogen-bond donors (Lipinski definition) is 1. The van der Waals surface area contributed by atoms with Crippen LogP contribution in [0.3, 0.4) is 0 Å². The summed E-state index contributed by atoms with van der Waals surface area (Å²) in [5, 5.41) is 18.3. The van der Waals surface area contributed by atoms with Gasteiger partial charge in [-0.25, -0.2) is 0 Å². The summed E-state index contributed by atoms with van der Waals surface area (Å²) in [5.41, 5.74) is 6.40. The van der Waals surface area contributed by atoms with Crippen LogP contribution >= 0.6 is 11.3 Å². The first-order chi connectivity index (χ1) is 10.2. The Morgan fingerprint density at radius 2 is 1.86 bits per heavy atom. The number of rotatable bonds is 5. The maximum atomic E-state index is 12.5. The Morgan fingerprint density at radius 1 is 1.19 bits per heavy atom. The van der Waals surface area contributed by atoms with Gasteiger partial charge in [-0.2, -0.15) is 10.5 Å². The molecule has 0 aliphatic heterocycles. The molecule has 2 aromatic rings. The van der Waals surface area contributed by atoms with Crippen LogP contribution in [-0.2, 0) is 0 Å². The summed E-state index contributed by atoms with van der Waals surface area (Å²) in [7, 11) is 0. The van der Waals surface area contributed by atoms with Crippen LogP contribution in [-0.4, -0.2) is 23.9 Å². The predicted molar refractivity (Wildman–Crippen MR) is 82.6 cm³/mol. The van der Waals surface area contributed by atoms with Gasteiger partial charge in [0.1, 0.15) is 0 Å². The SMILES string of the molecule is N#CCCN(CCC#N)C(=O)c1cc2cc(N)ccc2s1. The van der Waals surface area contributed by atoms with Crippen molar-refractivity contribution in [2.24, 2.45) is 0 Å². The first-order valence-electron chi connectivity index (χ1n) is 6.48. The number of nitrogens with zero attached hydrogens (tertiary/aromatic N) is 3. The molecule has 0 aliphatic rings. The molecule has 0 aliphatic carbocycles. The van der Waals surface area contributed by atoms with Crippen molar-refractivity contribution in [3.63, 3.8) is 0 Å². The van der Waals surface area contributed by atoms with E-state index in [1.807, 2.05) is 30.3 Å². The molecule has 2 N–H and O–H groups in total. The lowest BCUT2D eigenvalue weighted by molar-refractivity contribution is 0.0767. The fourth-order valence-electron chi connectivity index (χ4n) is 2.01. The van der Waals surface area contributed by atoms with Gasteiger partial charge in [-0.3, -0.25) is 4.79 Å². The maximum Gasteiger partial charge on any atom is 0.264 e. The molecule has 0 atom stereocenters. The van der Waals surface area contributed by atoms with E-state index >= 15 is 0 Å². The minimum Gasteiger partial charge on any atom is -0.399 e. The van der Waals surface area contributed by atoms with Crippen molar-refractivity contribution in [2.75, 3.05) is 18.8 Å². The highest BCUT2D eigenvalue weighted by Gasteiger charge is 2.17. The number of thiophene rings is 1. The van der Waals surface area contributed by atoms with Gasteiger partial charge in [-0.05, 0) is 29.7 Å². The standard InChI is InChI=1S/C15H14N4OS/c16-5-1-7-19(8-2-6-17)15(20)14-10-11-9-12(18)3-4-13(11)21-14/h3-4,9-10H,1-2,7-8,18H2. The molecule has 2 rings (SSSR count). The average molecular weight is 298 g/mol. The molecular formula is C15H14N4OS. The lowest BCUT2D eigenvalue weighted by Crippen LogP contribution is -2.32. The molecule has 6 heteroatoms. The zero-order valence-electron chi connectivity index (χ0n) is 11.4. The van der Waals surface area contributed by atoms with Crippen molar-refractivity contribution in [2.45, 2.75) is 12.8 Å². The van der Waals surface area contributed by atoms with Crippen LogP contribution in [0.2, 0.25) is 0 Å². The van der Waals surface area contributed by atoms with Crippen LogP contribution in [0.4, 0.5) is 5.69 Å². The highest BCUT2D eigenvalue weighted by Crippen LogP contribution is 2.28. The minimum atomic E-state index is -0.139. The molecule has 1 heterocycles. The fourth-order valence-corrected chi connectivity index (χ4v) is 3.02. The van der Waals surface area contributed by atoms with Crippen LogP contribution in [0, 0.1) is 22.7 Å². The molecule has 1 aromatic heterocycles. The molecule has 0 spiro atoms. The fraction of sp³-hybridized carbons (Fsp3) is 0.267. The normalized spacial score (nSPS) is 10.0. The van der Waals surface area contributed by atoms with Gasteiger partial charge in [-0.15, -0.1) is 11.3 Å². The van der Waals surface area contributed by atoms with Gasteiger partial charge < -0.3 is 10.6 Å². The number of nitrogens with two attached hydrogens (primary N) is 1. The number of nitrogen functional groups attached to an aromatic ring is 1. The Hall–Kier alpha value is -2.57. The van der Waals surface area contributed by atoms with Crippen molar-refractivity contribution in [3.05, 3.63) is 29.1 Å². The molecule has 0 unspecified atom stereocenters. The minimum absolute atomic E-state index is 0.139. The zero-order chi connectivity index (χ0) is 15.2. The highest BCUT2D eigenvalue weighted by atomic mass is 32.1. The lowest BCUT2D eigenvalue weighted by atomic mass is 10.2. The third-order valence-corrected chi connectivity index (χ3v) is 4.13. The first kappa shape index (κ1) is 14.8. The quantitative estimate of drug-likeness (QED) is 0.859. The monoisotopic (exact) mass is 298 g/mol.